The summed E-state index contributed by atoms with van der Waals surface area (Å²) in [7, 11) is -3.86. The van der Waals surface area contributed by atoms with Crippen LogP contribution in [-0.2, 0) is 21.4 Å². The zero-order chi connectivity index (χ0) is 22.9. The Bertz CT molecular complexity index is 1280. The van der Waals surface area contributed by atoms with Gasteiger partial charge in [0.1, 0.15) is 11.5 Å². The number of fused-ring (bicyclic) bond motifs is 1. The molecule has 3 N–H and O–H groups in total. The molecule has 3 aromatic rings. The molecule has 4 rings (SSSR count). The summed E-state index contributed by atoms with van der Waals surface area (Å²) in [6.07, 6.45) is 0.855. The minimum absolute atomic E-state index is 0.00767. The van der Waals surface area contributed by atoms with Gasteiger partial charge in [-0.15, -0.1) is 0 Å². The van der Waals surface area contributed by atoms with Gasteiger partial charge in [0.15, 0.2) is 6.10 Å². The van der Waals surface area contributed by atoms with Gasteiger partial charge in [0.2, 0.25) is 10.0 Å². The van der Waals surface area contributed by atoms with Crippen LogP contribution in [0.4, 0.5) is 11.4 Å². The molecule has 9 nitrogen and oxygen atoms in total. The fraction of sp³-hybridized carbons (Fsp3) is 0.182. The maximum atomic E-state index is 12.9. The van der Waals surface area contributed by atoms with Crippen molar-refractivity contribution in [1.29, 1.82) is 0 Å². The van der Waals surface area contributed by atoms with Crippen molar-refractivity contribution in [3.05, 3.63) is 71.7 Å². The third-order valence-electron chi connectivity index (χ3n) is 4.95. The van der Waals surface area contributed by atoms with Gasteiger partial charge < -0.3 is 19.8 Å². The average Bonchev–Trinajstić information content (AvgIpc) is 3.27. The number of hydrogen-bond acceptors (Lipinski definition) is 6. The number of carbonyl (C=O) groups excluding carboxylic acids is 2. The van der Waals surface area contributed by atoms with Crippen LogP contribution >= 0.6 is 0 Å². The van der Waals surface area contributed by atoms with Gasteiger partial charge in [0.05, 0.1) is 23.4 Å². The van der Waals surface area contributed by atoms with Gasteiger partial charge in [0.25, 0.3) is 11.8 Å². The van der Waals surface area contributed by atoms with Crippen molar-refractivity contribution in [1.82, 2.24) is 4.72 Å². The number of benzene rings is 2. The lowest BCUT2D eigenvalue weighted by atomic mass is 10.1. The van der Waals surface area contributed by atoms with E-state index in [2.05, 4.69) is 15.4 Å². The second-order valence-electron chi connectivity index (χ2n) is 7.30. The van der Waals surface area contributed by atoms with Gasteiger partial charge in [-0.3, -0.25) is 9.59 Å². The van der Waals surface area contributed by atoms with E-state index in [-0.39, 0.29) is 22.9 Å². The first-order valence-electron chi connectivity index (χ1n) is 9.78. The number of ether oxygens (including phenoxy) is 1. The summed E-state index contributed by atoms with van der Waals surface area (Å²) in [6, 6.07) is 12.5. The average molecular weight is 455 g/mol. The SMILES string of the molecule is Cc1ccc(S(=O)(=O)NCc2ccco2)cc1C(=O)Nc1ccc2c(c1)NC(=O)[C@H](C)O2. The molecular formula is C22H21N3O6S. The van der Waals surface area contributed by atoms with E-state index in [1.165, 1.54) is 18.4 Å². The molecule has 0 fully saturated rings. The number of sulfonamides is 1. The van der Waals surface area contributed by atoms with Gasteiger partial charge >= 0.3 is 0 Å². The Morgan fingerprint density at radius 3 is 2.72 bits per heavy atom. The highest BCUT2D eigenvalue weighted by Gasteiger charge is 2.24. The van der Waals surface area contributed by atoms with E-state index in [1.54, 1.807) is 50.2 Å². The highest BCUT2D eigenvalue weighted by molar-refractivity contribution is 7.89. The normalized spacial score (nSPS) is 15.4. The van der Waals surface area contributed by atoms with E-state index in [0.29, 0.717) is 28.4 Å². The number of carbonyl (C=O) groups is 2. The molecule has 0 aliphatic carbocycles. The summed E-state index contributed by atoms with van der Waals surface area (Å²) in [5.41, 5.74) is 1.69. The first-order chi connectivity index (χ1) is 15.2. The molecule has 1 atom stereocenters. The molecule has 1 aliphatic rings. The summed E-state index contributed by atoms with van der Waals surface area (Å²) in [6.45, 7) is 3.34. The number of rotatable bonds is 6. The van der Waals surface area contributed by atoms with Crippen LogP contribution < -0.4 is 20.1 Å². The second-order valence-corrected chi connectivity index (χ2v) is 9.06. The van der Waals surface area contributed by atoms with Crippen molar-refractivity contribution in [2.75, 3.05) is 10.6 Å². The standard InChI is InChI=1S/C22H21N3O6S/c1-13-5-7-17(32(28,29)23-12-16-4-3-9-30-16)11-18(13)22(27)24-15-6-8-20-19(10-15)25-21(26)14(2)31-20/h3-11,14,23H,12H2,1-2H3,(H,24,27)(H,25,26)/t14-/m0/s1. The van der Waals surface area contributed by atoms with E-state index in [9.17, 15) is 18.0 Å². The van der Waals surface area contributed by atoms with Gasteiger partial charge in [-0.25, -0.2) is 13.1 Å². The van der Waals surface area contributed by atoms with Crippen molar-refractivity contribution in [2.24, 2.45) is 0 Å². The summed E-state index contributed by atoms with van der Waals surface area (Å²) in [4.78, 5) is 24.7. The molecule has 10 heteroatoms. The van der Waals surface area contributed by atoms with Crippen molar-refractivity contribution < 1.29 is 27.2 Å². The zero-order valence-corrected chi connectivity index (χ0v) is 18.2. The summed E-state index contributed by atoms with van der Waals surface area (Å²) in [5.74, 6) is 0.206. The van der Waals surface area contributed by atoms with E-state index >= 15 is 0 Å². The smallest absolute Gasteiger partial charge is 0.265 e. The minimum atomic E-state index is -3.86. The third kappa shape index (κ3) is 4.51. The molecule has 0 bridgehead atoms. The Morgan fingerprint density at radius 1 is 1.16 bits per heavy atom. The number of furan rings is 1. The van der Waals surface area contributed by atoms with Crippen LogP contribution in [0, 0.1) is 6.92 Å². The van der Waals surface area contributed by atoms with Crippen molar-refractivity contribution in [3.8, 4) is 5.75 Å². The first kappa shape index (κ1) is 21.6. The van der Waals surface area contributed by atoms with Gasteiger partial charge in [-0.05, 0) is 61.9 Å². The van der Waals surface area contributed by atoms with Gasteiger partial charge in [0, 0.05) is 11.3 Å². The predicted octanol–water partition coefficient (Wildman–Crippen LogP) is 3.04. The largest absolute Gasteiger partial charge is 0.479 e. The lowest BCUT2D eigenvalue weighted by molar-refractivity contribution is -0.122. The van der Waals surface area contributed by atoms with Crippen LogP contribution in [0.2, 0.25) is 0 Å². The zero-order valence-electron chi connectivity index (χ0n) is 17.3. The molecule has 0 saturated carbocycles. The second kappa shape index (κ2) is 8.48. The van der Waals surface area contributed by atoms with E-state index in [4.69, 9.17) is 9.15 Å². The molecule has 166 valence electrons. The fourth-order valence-electron chi connectivity index (χ4n) is 3.16. The van der Waals surface area contributed by atoms with E-state index in [0.717, 1.165) is 0 Å². The molecule has 0 saturated heterocycles. The molecule has 1 aromatic heterocycles. The van der Waals surface area contributed by atoms with Gasteiger partial charge in [-0.1, -0.05) is 6.07 Å². The van der Waals surface area contributed by atoms with Crippen LogP contribution in [0.1, 0.15) is 28.6 Å². The maximum absolute atomic E-state index is 12.9. The molecule has 2 heterocycles. The Labute approximate surface area is 184 Å². The summed E-state index contributed by atoms with van der Waals surface area (Å²) >= 11 is 0. The van der Waals surface area contributed by atoms with Crippen LogP contribution in [0.15, 0.2) is 64.1 Å². The molecule has 0 unspecified atom stereocenters. The number of nitrogens with one attached hydrogen (secondary N) is 3. The van der Waals surface area contributed by atoms with Crippen LogP contribution in [-0.4, -0.2) is 26.3 Å². The van der Waals surface area contributed by atoms with Crippen LogP contribution in [0.3, 0.4) is 0 Å². The first-order valence-corrected chi connectivity index (χ1v) is 11.3. The Morgan fingerprint density at radius 2 is 1.97 bits per heavy atom. The fourth-order valence-corrected chi connectivity index (χ4v) is 4.18. The molecule has 2 amide bonds. The number of hydrogen-bond donors (Lipinski definition) is 3. The Hall–Kier alpha value is -3.63. The monoisotopic (exact) mass is 455 g/mol. The minimum Gasteiger partial charge on any atom is -0.479 e. The van der Waals surface area contributed by atoms with Crippen molar-refractivity contribution in [3.63, 3.8) is 0 Å². The molecule has 2 aromatic carbocycles. The molecular weight excluding hydrogens is 434 g/mol. The number of amides is 2. The molecule has 32 heavy (non-hydrogen) atoms. The van der Waals surface area contributed by atoms with Gasteiger partial charge in [-0.2, -0.15) is 0 Å². The highest BCUT2D eigenvalue weighted by Crippen LogP contribution is 2.32. The van der Waals surface area contributed by atoms with Crippen molar-refractivity contribution in [2.45, 2.75) is 31.4 Å². The third-order valence-corrected chi connectivity index (χ3v) is 6.35. The summed E-state index contributed by atoms with van der Waals surface area (Å²) < 4.78 is 38.4. The lowest BCUT2D eigenvalue weighted by Crippen LogP contribution is -2.34. The predicted molar refractivity (Wildman–Crippen MR) is 117 cm³/mol. The van der Waals surface area contributed by atoms with Crippen LogP contribution in [0.5, 0.6) is 5.75 Å². The van der Waals surface area contributed by atoms with Crippen molar-refractivity contribution >= 4 is 33.2 Å². The Kier molecular flexibility index (Phi) is 5.72. The topological polar surface area (TPSA) is 127 Å². The molecule has 0 radical (unpaired) electrons. The maximum Gasteiger partial charge on any atom is 0.265 e. The van der Waals surface area contributed by atoms with E-state index < -0.39 is 22.0 Å². The quantitative estimate of drug-likeness (QED) is 0.524. The lowest BCUT2D eigenvalue weighted by Gasteiger charge is -2.23. The van der Waals surface area contributed by atoms with E-state index in [1.807, 2.05) is 0 Å². The summed E-state index contributed by atoms with van der Waals surface area (Å²) in [5, 5.41) is 5.45. The number of anilines is 2. The molecule has 1 aliphatic heterocycles. The Balaban J connectivity index is 1.53. The van der Waals surface area contributed by atoms with Crippen LogP contribution in [0.25, 0.3) is 0 Å². The molecule has 0 spiro atoms. The number of aryl methyl sites for hydroxylation is 1. The highest BCUT2D eigenvalue weighted by atomic mass is 32.2.